The van der Waals surface area contributed by atoms with Crippen LogP contribution in [0.25, 0.3) is 0 Å². The molecule has 0 bridgehead atoms. The molecule has 0 N–H and O–H groups in total. The maximum Gasteiger partial charge on any atom is 0.140 e. The van der Waals surface area contributed by atoms with E-state index in [9.17, 15) is 0 Å². The molecule has 1 unspecified atom stereocenters. The summed E-state index contributed by atoms with van der Waals surface area (Å²) in [5.74, 6) is 2.94. The molecule has 1 fully saturated rings. The van der Waals surface area contributed by atoms with E-state index < -0.39 is 0 Å². The van der Waals surface area contributed by atoms with Crippen LogP contribution in [0.5, 0.6) is 0 Å². The van der Waals surface area contributed by atoms with Crippen molar-refractivity contribution in [2.45, 2.75) is 79.4 Å². The van der Waals surface area contributed by atoms with E-state index in [0.717, 1.165) is 5.25 Å². The fraction of sp³-hybridized carbons (Fsp3) is 0.700. The van der Waals surface area contributed by atoms with Crippen LogP contribution in [-0.4, -0.2) is 11.5 Å². The summed E-state index contributed by atoms with van der Waals surface area (Å²) in [5, 5.41) is 0.795. The summed E-state index contributed by atoms with van der Waals surface area (Å²) in [5.41, 5.74) is 1.53. The van der Waals surface area contributed by atoms with Gasteiger partial charge in [0.1, 0.15) is 16.8 Å². The molecule has 1 aliphatic heterocycles. The van der Waals surface area contributed by atoms with Gasteiger partial charge in [-0.25, -0.2) is 0 Å². The van der Waals surface area contributed by atoms with E-state index in [2.05, 4.69) is 51.1 Å². The van der Waals surface area contributed by atoms with E-state index in [4.69, 9.17) is 0 Å². The minimum Gasteiger partial charge on any atom is -0.0683 e. The van der Waals surface area contributed by atoms with Gasteiger partial charge in [0.25, 0.3) is 0 Å². The van der Waals surface area contributed by atoms with Gasteiger partial charge in [-0.2, -0.15) is 0 Å². The van der Waals surface area contributed by atoms with Gasteiger partial charge < -0.3 is 0 Å². The Morgan fingerprint density at radius 3 is 1.67 bits per heavy atom. The van der Waals surface area contributed by atoms with Crippen LogP contribution in [0.3, 0.4) is 0 Å². The maximum atomic E-state index is 2.39. The molecule has 0 amide bonds. The molecular formula is C20H39S+. The second-order valence-electron chi connectivity index (χ2n) is 4.71. The lowest BCUT2D eigenvalue weighted by atomic mass is 10.2. The summed E-state index contributed by atoms with van der Waals surface area (Å²) in [6, 6.07) is 11.0. The van der Waals surface area contributed by atoms with Crippen LogP contribution in [0.1, 0.15) is 85.0 Å². The Labute approximate surface area is 138 Å². The van der Waals surface area contributed by atoms with Crippen molar-refractivity contribution in [2.75, 3.05) is 11.5 Å². The summed E-state index contributed by atoms with van der Waals surface area (Å²) in [7, 11) is 0.677. The summed E-state index contributed by atoms with van der Waals surface area (Å²) >= 11 is 0. The molecule has 21 heavy (non-hydrogen) atoms. The van der Waals surface area contributed by atoms with E-state index in [1.54, 1.807) is 0 Å². The van der Waals surface area contributed by atoms with Gasteiger partial charge >= 0.3 is 0 Å². The zero-order valence-electron chi connectivity index (χ0n) is 15.6. The van der Waals surface area contributed by atoms with Gasteiger partial charge in [-0.15, -0.1) is 0 Å². The second kappa shape index (κ2) is 17.6. The van der Waals surface area contributed by atoms with E-state index in [1.807, 2.05) is 27.7 Å². The monoisotopic (exact) mass is 311 g/mol. The lowest BCUT2D eigenvalue weighted by molar-refractivity contribution is 0.886. The van der Waals surface area contributed by atoms with Gasteiger partial charge in [-0.3, -0.25) is 0 Å². The summed E-state index contributed by atoms with van der Waals surface area (Å²) < 4.78 is 0. The van der Waals surface area contributed by atoms with Crippen LogP contribution in [0.15, 0.2) is 30.3 Å². The molecule has 0 saturated carbocycles. The SMILES string of the molecule is CC.CC.CC(c1ccccc1)[S+]1CCCC1.CCCC. The van der Waals surface area contributed by atoms with Crippen molar-refractivity contribution in [3.05, 3.63) is 35.9 Å². The number of benzene rings is 1. The zero-order valence-corrected chi connectivity index (χ0v) is 16.4. The fourth-order valence-corrected chi connectivity index (χ4v) is 4.55. The molecular weight excluding hydrogens is 272 g/mol. The smallest absolute Gasteiger partial charge is 0.0683 e. The molecule has 1 aliphatic rings. The highest BCUT2D eigenvalue weighted by Crippen LogP contribution is 2.29. The molecule has 0 radical (unpaired) electrons. The molecule has 1 heteroatoms. The van der Waals surface area contributed by atoms with E-state index in [-0.39, 0.29) is 0 Å². The minimum absolute atomic E-state index is 0.677. The van der Waals surface area contributed by atoms with Gasteiger partial charge in [0.15, 0.2) is 0 Å². The Kier molecular flexibility index (Phi) is 19.2. The molecule has 124 valence electrons. The molecule has 1 saturated heterocycles. The maximum absolute atomic E-state index is 2.39. The van der Waals surface area contributed by atoms with Crippen molar-refractivity contribution in [1.82, 2.24) is 0 Å². The average molecular weight is 312 g/mol. The highest BCUT2D eigenvalue weighted by atomic mass is 32.2. The van der Waals surface area contributed by atoms with Crippen molar-refractivity contribution in [3.63, 3.8) is 0 Å². The summed E-state index contributed by atoms with van der Waals surface area (Å²) in [6.07, 6.45) is 5.56. The molecule has 1 atom stereocenters. The average Bonchev–Trinajstić information content (AvgIpc) is 3.13. The predicted octanol–water partition coefficient (Wildman–Crippen LogP) is 7.02. The lowest BCUT2D eigenvalue weighted by Gasteiger charge is -2.10. The highest BCUT2D eigenvalue weighted by Gasteiger charge is 2.31. The topological polar surface area (TPSA) is 0 Å². The first-order valence-corrected chi connectivity index (χ1v) is 10.6. The Morgan fingerprint density at radius 2 is 1.29 bits per heavy atom. The molecule has 1 aromatic rings. The van der Waals surface area contributed by atoms with Crippen LogP contribution in [-0.2, 0) is 10.9 Å². The molecule has 0 aliphatic carbocycles. The zero-order chi connectivity index (χ0) is 16.5. The molecule has 0 nitrogen and oxygen atoms in total. The number of rotatable bonds is 3. The van der Waals surface area contributed by atoms with Crippen molar-refractivity contribution in [2.24, 2.45) is 0 Å². The molecule has 0 aromatic heterocycles. The predicted molar refractivity (Wildman–Crippen MR) is 104 cm³/mol. The normalized spacial score (nSPS) is 14.6. The second-order valence-corrected chi connectivity index (χ2v) is 7.30. The van der Waals surface area contributed by atoms with Crippen LogP contribution in [0.4, 0.5) is 0 Å². The Bertz CT molecular complexity index is 273. The highest BCUT2D eigenvalue weighted by molar-refractivity contribution is 7.97. The van der Waals surface area contributed by atoms with Crippen molar-refractivity contribution < 1.29 is 0 Å². The number of unbranched alkanes of at least 4 members (excludes halogenated alkanes) is 1. The Balaban J connectivity index is 0. The minimum atomic E-state index is 0.677. The lowest BCUT2D eigenvalue weighted by Crippen LogP contribution is -2.12. The fourth-order valence-electron chi connectivity index (χ4n) is 1.95. The van der Waals surface area contributed by atoms with Gasteiger partial charge in [-0.05, 0) is 30.7 Å². The van der Waals surface area contributed by atoms with Crippen molar-refractivity contribution in [3.8, 4) is 0 Å². The van der Waals surface area contributed by atoms with Crippen LogP contribution in [0.2, 0.25) is 0 Å². The first-order valence-electron chi connectivity index (χ1n) is 9.00. The quantitative estimate of drug-likeness (QED) is 0.526. The summed E-state index contributed by atoms with van der Waals surface area (Å²) in [4.78, 5) is 0. The van der Waals surface area contributed by atoms with Crippen LogP contribution < -0.4 is 0 Å². The van der Waals surface area contributed by atoms with E-state index in [0.29, 0.717) is 10.9 Å². The van der Waals surface area contributed by atoms with Gasteiger partial charge in [0.2, 0.25) is 0 Å². The molecule has 1 aromatic carbocycles. The number of hydrogen-bond donors (Lipinski definition) is 0. The molecule has 0 spiro atoms. The largest absolute Gasteiger partial charge is 0.140 e. The standard InChI is InChI=1S/C12H17S.C4H10.2C2H6/c1-11(13-9-5-6-10-13)12-7-3-2-4-8-12;1-3-4-2;2*1-2/h2-4,7-8,11H,5-6,9-10H2,1H3;3-4H2,1-2H3;2*1-2H3/q+1;;;. The van der Waals surface area contributed by atoms with E-state index >= 15 is 0 Å². The first kappa shape index (κ1) is 22.8. The third-order valence-electron chi connectivity index (χ3n) is 3.33. The van der Waals surface area contributed by atoms with Crippen molar-refractivity contribution in [1.29, 1.82) is 0 Å². The van der Waals surface area contributed by atoms with Gasteiger partial charge in [0.05, 0.1) is 0 Å². The number of hydrogen-bond acceptors (Lipinski definition) is 0. The summed E-state index contributed by atoms with van der Waals surface area (Å²) in [6.45, 7) is 14.8. The third kappa shape index (κ3) is 10.9. The van der Waals surface area contributed by atoms with Crippen LogP contribution in [0, 0.1) is 0 Å². The van der Waals surface area contributed by atoms with Crippen molar-refractivity contribution >= 4 is 10.9 Å². The Morgan fingerprint density at radius 1 is 0.857 bits per heavy atom. The van der Waals surface area contributed by atoms with Crippen LogP contribution >= 0.6 is 0 Å². The molecule has 2 rings (SSSR count). The van der Waals surface area contributed by atoms with Gasteiger partial charge in [-0.1, -0.05) is 84.7 Å². The third-order valence-corrected chi connectivity index (χ3v) is 6.23. The van der Waals surface area contributed by atoms with E-state index in [1.165, 1.54) is 42.8 Å². The Hall–Kier alpha value is -0.430. The first-order chi connectivity index (χ1) is 10.3. The molecule has 1 heterocycles. The van der Waals surface area contributed by atoms with Gasteiger partial charge in [0, 0.05) is 5.56 Å².